The van der Waals surface area contributed by atoms with Crippen LogP contribution in [0.5, 0.6) is 0 Å². The summed E-state index contributed by atoms with van der Waals surface area (Å²) in [4.78, 5) is 25.2. The van der Waals surface area contributed by atoms with E-state index in [-0.39, 0.29) is 17.9 Å². The number of nitrogens with zero attached hydrogens (tertiary/aromatic N) is 5. The molecule has 1 amide bonds. The Hall–Kier alpha value is -2.48. The fraction of sp³-hybridized carbons (Fsp3) is 0.444. The molecule has 0 bridgehead atoms. The quantitative estimate of drug-likeness (QED) is 0.747. The van der Waals surface area contributed by atoms with Crippen LogP contribution in [0.4, 0.5) is 5.82 Å². The molecule has 0 spiro atoms. The lowest BCUT2D eigenvalue weighted by atomic mass is 9.95. The summed E-state index contributed by atoms with van der Waals surface area (Å²) in [6, 6.07) is 2.20. The number of likely N-dealkylation sites (tertiary alicyclic amines) is 1. The van der Waals surface area contributed by atoms with E-state index in [1.807, 2.05) is 31.4 Å². The summed E-state index contributed by atoms with van der Waals surface area (Å²) in [7, 11) is 3.77. The second kappa shape index (κ2) is 6.68. The average molecular weight is 370 g/mol. The summed E-state index contributed by atoms with van der Waals surface area (Å²) in [6.45, 7) is 2.82. The third-order valence-corrected chi connectivity index (χ3v) is 6.21. The third-order valence-electron chi connectivity index (χ3n) is 5.02. The topological polar surface area (TPSA) is 75.9 Å². The molecule has 0 unspecified atom stereocenters. The lowest BCUT2D eigenvalue weighted by Gasteiger charge is -2.24. The van der Waals surface area contributed by atoms with Crippen molar-refractivity contribution in [3.05, 3.63) is 35.2 Å². The first-order valence-electron chi connectivity index (χ1n) is 8.78. The maximum absolute atomic E-state index is 12.3. The van der Waals surface area contributed by atoms with Gasteiger partial charge in [-0.3, -0.25) is 9.48 Å². The van der Waals surface area contributed by atoms with Crippen LogP contribution in [0.2, 0.25) is 0 Å². The van der Waals surface area contributed by atoms with E-state index >= 15 is 0 Å². The van der Waals surface area contributed by atoms with Crippen LogP contribution in [0.15, 0.2) is 24.8 Å². The van der Waals surface area contributed by atoms with Crippen LogP contribution < -0.4 is 5.32 Å². The van der Waals surface area contributed by atoms with Crippen LogP contribution in [0.25, 0.3) is 10.2 Å². The molecular weight excluding hydrogens is 348 g/mol. The van der Waals surface area contributed by atoms with E-state index in [0.29, 0.717) is 13.0 Å². The van der Waals surface area contributed by atoms with Crippen molar-refractivity contribution in [1.29, 1.82) is 0 Å². The van der Waals surface area contributed by atoms with Gasteiger partial charge in [-0.2, -0.15) is 5.10 Å². The van der Waals surface area contributed by atoms with E-state index in [0.717, 1.165) is 28.0 Å². The molecule has 0 saturated carbocycles. The molecule has 1 saturated heterocycles. The molecule has 1 aliphatic heterocycles. The highest BCUT2D eigenvalue weighted by molar-refractivity contribution is 7.18. The fourth-order valence-corrected chi connectivity index (χ4v) is 4.61. The van der Waals surface area contributed by atoms with Crippen molar-refractivity contribution in [3.8, 4) is 0 Å². The highest BCUT2D eigenvalue weighted by atomic mass is 32.1. The van der Waals surface area contributed by atoms with E-state index in [2.05, 4.69) is 33.4 Å². The Labute approximate surface area is 156 Å². The maximum Gasteiger partial charge on any atom is 0.223 e. The predicted octanol–water partition coefficient (Wildman–Crippen LogP) is 2.62. The molecule has 4 heterocycles. The van der Waals surface area contributed by atoms with Gasteiger partial charge in [-0.25, -0.2) is 9.97 Å². The summed E-state index contributed by atoms with van der Waals surface area (Å²) in [6.07, 6.45) is 6.96. The van der Waals surface area contributed by atoms with Gasteiger partial charge in [0.15, 0.2) is 0 Å². The number of anilines is 1. The molecular formula is C18H22N6OS. The maximum atomic E-state index is 12.3. The standard InChI is InChI=1S/C18H22N6OS/c1-4-13-6-14-17(20-10-21-18(14)26-13)19-7-11-5-15(25)24(3)16(11)12-8-22-23(2)9-12/h6,8-11,16H,4-5,7H2,1-3H3,(H,19,20,21)/t11-,16+/m0/s1. The second-order valence-corrected chi connectivity index (χ2v) is 7.86. The molecule has 136 valence electrons. The first-order chi connectivity index (χ1) is 12.6. The van der Waals surface area contributed by atoms with Crippen LogP contribution >= 0.6 is 11.3 Å². The number of carbonyl (C=O) groups is 1. The number of nitrogens with one attached hydrogen (secondary N) is 1. The number of aryl methyl sites for hydroxylation is 2. The van der Waals surface area contributed by atoms with Crippen molar-refractivity contribution in [2.75, 3.05) is 18.9 Å². The Morgan fingerprint density at radius 2 is 2.19 bits per heavy atom. The van der Waals surface area contributed by atoms with Gasteiger partial charge in [0.2, 0.25) is 5.91 Å². The van der Waals surface area contributed by atoms with E-state index in [1.54, 1.807) is 22.3 Å². The van der Waals surface area contributed by atoms with Gasteiger partial charge in [-0.05, 0) is 12.5 Å². The monoisotopic (exact) mass is 370 g/mol. The fourth-order valence-electron chi connectivity index (χ4n) is 3.67. The van der Waals surface area contributed by atoms with Crippen molar-refractivity contribution in [2.24, 2.45) is 13.0 Å². The minimum atomic E-state index is 0.0368. The summed E-state index contributed by atoms with van der Waals surface area (Å²) < 4.78 is 1.78. The molecule has 1 aliphatic rings. The van der Waals surface area contributed by atoms with E-state index in [1.165, 1.54) is 4.88 Å². The van der Waals surface area contributed by atoms with Crippen molar-refractivity contribution >= 4 is 33.3 Å². The van der Waals surface area contributed by atoms with Gasteiger partial charge >= 0.3 is 0 Å². The number of carbonyl (C=O) groups excluding carboxylic acids is 1. The minimum Gasteiger partial charge on any atom is -0.369 e. The summed E-state index contributed by atoms with van der Waals surface area (Å²) >= 11 is 1.71. The zero-order valence-corrected chi connectivity index (χ0v) is 16.0. The molecule has 2 atom stereocenters. The molecule has 1 fully saturated rings. The molecule has 0 radical (unpaired) electrons. The molecule has 8 heteroatoms. The SMILES string of the molecule is CCc1cc2c(NC[C@@H]3CC(=O)N(C)[C@H]3c3cnn(C)c3)ncnc2s1. The van der Waals surface area contributed by atoms with Gasteiger partial charge in [0.05, 0.1) is 17.6 Å². The Morgan fingerprint density at radius 1 is 1.35 bits per heavy atom. The average Bonchev–Trinajstić information content (AvgIpc) is 3.31. The molecule has 1 N–H and O–H groups in total. The Kier molecular flexibility index (Phi) is 4.36. The van der Waals surface area contributed by atoms with Crippen LogP contribution in [0.3, 0.4) is 0 Å². The predicted molar refractivity (Wildman–Crippen MR) is 102 cm³/mol. The Morgan fingerprint density at radius 3 is 2.92 bits per heavy atom. The van der Waals surface area contributed by atoms with Crippen LogP contribution in [0, 0.1) is 5.92 Å². The zero-order chi connectivity index (χ0) is 18.3. The molecule has 3 aromatic heterocycles. The summed E-state index contributed by atoms with van der Waals surface area (Å²) in [5.41, 5.74) is 1.07. The molecule has 0 aromatic carbocycles. The summed E-state index contributed by atoms with van der Waals surface area (Å²) in [5, 5.41) is 8.79. The Balaban J connectivity index is 1.57. The van der Waals surface area contributed by atoms with E-state index < -0.39 is 0 Å². The van der Waals surface area contributed by atoms with Gasteiger partial charge < -0.3 is 10.2 Å². The van der Waals surface area contributed by atoms with Gasteiger partial charge in [0.1, 0.15) is 17.0 Å². The lowest BCUT2D eigenvalue weighted by molar-refractivity contribution is -0.127. The minimum absolute atomic E-state index is 0.0368. The molecule has 7 nitrogen and oxygen atoms in total. The highest BCUT2D eigenvalue weighted by Gasteiger charge is 2.39. The van der Waals surface area contributed by atoms with Gasteiger partial charge in [0.25, 0.3) is 0 Å². The first kappa shape index (κ1) is 17.0. The smallest absolute Gasteiger partial charge is 0.223 e. The van der Waals surface area contributed by atoms with Crippen LogP contribution in [0.1, 0.15) is 29.8 Å². The summed E-state index contributed by atoms with van der Waals surface area (Å²) in [5.74, 6) is 1.19. The number of hydrogen-bond acceptors (Lipinski definition) is 6. The number of fused-ring (bicyclic) bond motifs is 1. The van der Waals surface area contributed by atoms with Crippen molar-refractivity contribution in [2.45, 2.75) is 25.8 Å². The zero-order valence-electron chi connectivity index (χ0n) is 15.1. The first-order valence-corrected chi connectivity index (χ1v) is 9.60. The normalized spacial score (nSPS) is 20.3. The van der Waals surface area contributed by atoms with E-state index in [4.69, 9.17) is 0 Å². The van der Waals surface area contributed by atoms with Gasteiger partial charge in [-0.1, -0.05) is 6.92 Å². The molecule has 26 heavy (non-hydrogen) atoms. The van der Waals surface area contributed by atoms with Crippen molar-refractivity contribution in [1.82, 2.24) is 24.6 Å². The highest BCUT2D eigenvalue weighted by Crippen LogP contribution is 2.37. The van der Waals surface area contributed by atoms with Gasteiger partial charge in [-0.15, -0.1) is 11.3 Å². The Bertz CT molecular complexity index is 948. The number of rotatable bonds is 5. The van der Waals surface area contributed by atoms with Crippen LogP contribution in [-0.2, 0) is 18.3 Å². The number of thiophene rings is 1. The number of hydrogen-bond donors (Lipinski definition) is 1. The molecule has 0 aliphatic carbocycles. The van der Waals surface area contributed by atoms with Crippen molar-refractivity contribution in [3.63, 3.8) is 0 Å². The molecule has 4 rings (SSSR count). The molecule has 3 aromatic rings. The van der Waals surface area contributed by atoms with Crippen LogP contribution in [-0.4, -0.2) is 44.1 Å². The number of aromatic nitrogens is 4. The van der Waals surface area contributed by atoms with Crippen molar-refractivity contribution < 1.29 is 4.79 Å². The lowest BCUT2D eigenvalue weighted by Crippen LogP contribution is -2.26. The van der Waals surface area contributed by atoms with E-state index in [9.17, 15) is 4.79 Å². The third kappa shape index (κ3) is 2.94. The van der Waals surface area contributed by atoms with Gasteiger partial charge in [0, 0.05) is 49.6 Å². The second-order valence-electron chi connectivity index (χ2n) is 6.75. The number of amides is 1. The largest absolute Gasteiger partial charge is 0.369 e.